The number of nitrogens with zero attached hydrogens (tertiary/aromatic N) is 3. The van der Waals surface area contributed by atoms with Gasteiger partial charge in [0.2, 0.25) is 21.8 Å². The second-order valence-corrected chi connectivity index (χ2v) is 12.0. The van der Waals surface area contributed by atoms with Gasteiger partial charge in [-0.05, 0) is 35.7 Å². The topological polar surface area (TPSA) is 99.3 Å². The summed E-state index contributed by atoms with van der Waals surface area (Å²) in [6.45, 7) is 4.17. The monoisotopic (exact) mass is 530 g/mol. The van der Waals surface area contributed by atoms with Crippen LogP contribution in [0.2, 0.25) is 0 Å². The Kier molecular flexibility index (Phi) is 7.63. The molecule has 0 unspecified atom stereocenters. The first-order valence-corrected chi connectivity index (χ1v) is 14.6. The Morgan fingerprint density at radius 2 is 1.83 bits per heavy atom. The molecule has 192 valence electrons. The molecule has 3 heterocycles. The molecule has 2 aromatic rings. The normalized spacial score (nSPS) is 19.0. The number of hydrogen-bond donors (Lipinski definition) is 1. The lowest BCUT2D eigenvalue weighted by Crippen LogP contribution is -2.45. The standard InChI is InChI=1S/C25H30N4O5S2/c30-24(26-8-10-27-9-7-19-3-1-2-4-20(19)16-27)17-29-22-15-21(5-6-23(22)35-18-25(29)31)36(32,33)28-11-13-34-14-12-28/h1-6,15H,7-14,16-18H2,(H,26,30). The predicted octanol–water partition coefficient (Wildman–Crippen LogP) is 1.32. The third-order valence-electron chi connectivity index (χ3n) is 6.74. The summed E-state index contributed by atoms with van der Waals surface area (Å²) >= 11 is 1.36. The van der Waals surface area contributed by atoms with Gasteiger partial charge in [0.05, 0.1) is 29.5 Å². The molecule has 0 atom stereocenters. The summed E-state index contributed by atoms with van der Waals surface area (Å²) < 4.78 is 32.9. The lowest BCUT2D eigenvalue weighted by Gasteiger charge is -2.31. The van der Waals surface area contributed by atoms with E-state index in [-0.39, 0.29) is 29.0 Å². The lowest BCUT2D eigenvalue weighted by atomic mass is 10.00. The second kappa shape index (κ2) is 10.9. The van der Waals surface area contributed by atoms with E-state index < -0.39 is 10.0 Å². The van der Waals surface area contributed by atoms with Crippen molar-refractivity contribution >= 4 is 39.3 Å². The number of sulfonamides is 1. The molecule has 0 radical (unpaired) electrons. The van der Waals surface area contributed by atoms with Crippen molar-refractivity contribution in [3.05, 3.63) is 53.6 Å². The zero-order valence-corrected chi connectivity index (χ0v) is 21.7. The van der Waals surface area contributed by atoms with Crippen LogP contribution in [0, 0.1) is 0 Å². The Bertz CT molecular complexity index is 1250. The van der Waals surface area contributed by atoms with Crippen molar-refractivity contribution in [3.63, 3.8) is 0 Å². The van der Waals surface area contributed by atoms with Gasteiger partial charge in [0.1, 0.15) is 6.54 Å². The van der Waals surface area contributed by atoms with E-state index in [1.165, 1.54) is 38.2 Å². The molecule has 9 nitrogen and oxygen atoms in total. The maximum atomic E-state index is 13.1. The van der Waals surface area contributed by atoms with Crippen LogP contribution in [0.5, 0.6) is 0 Å². The molecule has 5 rings (SSSR count). The number of amides is 2. The number of ether oxygens (including phenoxy) is 1. The molecule has 1 fully saturated rings. The molecule has 2 amide bonds. The van der Waals surface area contributed by atoms with Crippen molar-refractivity contribution in [1.82, 2.24) is 14.5 Å². The number of carbonyl (C=O) groups is 2. The van der Waals surface area contributed by atoms with E-state index in [4.69, 9.17) is 4.74 Å². The summed E-state index contributed by atoms with van der Waals surface area (Å²) in [5.41, 5.74) is 3.17. The maximum absolute atomic E-state index is 13.1. The molecule has 36 heavy (non-hydrogen) atoms. The summed E-state index contributed by atoms with van der Waals surface area (Å²) in [5, 5.41) is 2.93. The van der Waals surface area contributed by atoms with E-state index in [9.17, 15) is 18.0 Å². The number of fused-ring (bicyclic) bond motifs is 2. The maximum Gasteiger partial charge on any atom is 0.243 e. The van der Waals surface area contributed by atoms with Gasteiger partial charge >= 0.3 is 0 Å². The number of hydrogen-bond acceptors (Lipinski definition) is 7. The fourth-order valence-electron chi connectivity index (χ4n) is 4.75. The third-order valence-corrected chi connectivity index (χ3v) is 9.69. The molecule has 0 saturated carbocycles. The molecular formula is C25H30N4O5S2. The van der Waals surface area contributed by atoms with Gasteiger partial charge in [-0.25, -0.2) is 8.42 Å². The van der Waals surface area contributed by atoms with Crippen molar-refractivity contribution in [2.45, 2.75) is 22.8 Å². The van der Waals surface area contributed by atoms with E-state index in [0.29, 0.717) is 38.5 Å². The van der Waals surface area contributed by atoms with Crippen LogP contribution in [0.25, 0.3) is 0 Å². The summed E-state index contributed by atoms with van der Waals surface area (Å²) in [6.07, 6.45) is 0.997. The molecule has 1 N–H and O–H groups in total. The highest BCUT2D eigenvalue weighted by Gasteiger charge is 2.31. The molecule has 0 spiro atoms. The van der Waals surface area contributed by atoms with Gasteiger partial charge in [-0.2, -0.15) is 4.31 Å². The van der Waals surface area contributed by atoms with Crippen LogP contribution in [-0.2, 0) is 37.3 Å². The first kappa shape index (κ1) is 25.2. The van der Waals surface area contributed by atoms with Crippen LogP contribution in [0.4, 0.5) is 5.69 Å². The van der Waals surface area contributed by atoms with Crippen molar-refractivity contribution in [3.8, 4) is 0 Å². The number of rotatable bonds is 7. The van der Waals surface area contributed by atoms with Gasteiger partial charge in [-0.15, -0.1) is 11.8 Å². The molecular weight excluding hydrogens is 500 g/mol. The quantitative estimate of drug-likeness (QED) is 0.577. The molecule has 1 saturated heterocycles. The second-order valence-electron chi connectivity index (χ2n) is 9.06. The van der Waals surface area contributed by atoms with Crippen LogP contribution in [0.15, 0.2) is 52.3 Å². The van der Waals surface area contributed by atoms with Crippen LogP contribution >= 0.6 is 11.8 Å². The highest BCUT2D eigenvalue weighted by molar-refractivity contribution is 8.00. The molecule has 3 aliphatic rings. The van der Waals surface area contributed by atoms with Crippen molar-refractivity contribution < 1.29 is 22.7 Å². The Morgan fingerprint density at radius 1 is 1.06 bits per heavy atom. The minimum atomic E-state index is -3.71. The zero-order chi connectivity index (χ0) is 25.1. The number of thioether (sulfide) groups is 1. The van der Waals surface area contributed by atoms with Gasteiger partial charge in [0, 0.05) is 44.2 Å². The van der Waals surface area contributed by atoms with Gasteiger partial charge in [-0.3, -0.25) is 14.5 Å². The largest absolute Gasteiger partial charge is 0.379 e. The minimum Gasteiger partial charge on any atom is -0.379 e. The first-order chi connectivity index (χ1) is 17.4. The van der Waals surface area contributed by atoms with E-state index in [1.807, 2.05) is 6.07 Å². The summed E-state index contributed by atoms with van der Waals surface area (Å²) in [4.78, 5) is 30.1. The molecule has 0 bridgehead atoms. The fourth-order valence-corrected chi connectivity index (χ4v) is 7.09. The Hall–Kier alpha value is -2.44. The van der Waals surface area contributed by atoms with Crippen molar-refractivity contribution in [2.75, 3.05) is 63.1 Å². The van der Waals surface area contributed by atoms with Crippen LogP contribution < -0.4 is 10.2 Å². The average molecular weight is 531 g/mol. The summed E-state index contributed by atoms with van der Waals surface area (Å²) in [7, 11) is -3.71. The van der Waals surface area contributed by atoms with Gasteiger partial charge < -0.3 is 15.0 Å². The minimum absolute atomic E-state index is 0.120. The van der Waals surface area contributed by atoms with E-state index in [0.717, 1.165) is 31.0 Å². The zero-order valence-electron chi connectivity index (χ0n) is 20.0. The number of carbonyl (C=O) groups excluding carboxylic acids is 2. The smallest absolute Gasteiger partial charge is 0.243 e. The van der Waals surface area contributed by atoms with E-state index >= 15 is 0 Å². The Balaban J connectivity index is 1.22. The highest BCUT2D eigenvalue weighted by atomic mass is 32.2. The average Bonchev–Trinajstić information content (AvgIpc) is 2.90. The molecule has 3 aliphatic heterocycles. The van der Waals surface area contributed by atoms with E-state index in [1.54, 1.807) is 12.1 Å². The fraction of sp³-hybridized carbons (Fsp3) is 0.440. The predicted molar refractivity (Wildman–Crippen MR) is 138 cm³/mol. The number of benzene rings is 2. The highest BCUT2D eigenvalue weighted by Crippen LogP contribution is 2.37. The van der Waals surface area contributed by atoms with Gasteiger partial charge in [-0.1, -0.05) is 24.3 Å². The van der Waals surface area contributed by atoms with Crippen LogP contribution in [0.1, 0.15) is 11.1 Å². The third kappa shape index (κ3) is 5.45. The number of morpholine rings is 1. The molecule has 0 aromatic heterocycles. The molecule has 2 aromatic carbocycles. The van der Waals surface area contributed by atoms with E-state index in [2.05, 4.69) is 28.4 Å². The van der Waals surface area contributed by atoms with Crippen molar-refractivity contribution in [1.29, 1.82) is 0 Å². The SMILES string of the molecule is O=C(CN1C(=O)CSc2ccc(S(=O)(=O)N3CCOCC3)cc21)NCCN1CCc2ccccc2C1. The molecule has 11 heteroatoms. The Morgan fingerprint density at radius 3 is 2.64 bits per heavy atom. The number of anilines is 1. The van der Waals surface area contributed by atoms with Crippen LogP contribution in [0.3, 0.4) is 0 Å². The Labute approximate surface area is 215 Å². The van der Waals surface area contributed by atoms with Crippen molar-refractivity contribution in [2.24, 2.45) is 0 Å². The molecule has 0 aliphatic carbocycles. The summed E-state index contributed by atoms with van der Waals surface area (Å²) in [6, 6.07) is 13.2. The number of nitrogens with one attached hydrogen (secondary N) is 1. The lowest BCUT2D eigenvalue weighted by molar-refractivity contribution is -0.123. The first-order valence-electron chi connectivity index (χ1n) is 12.1. The van der Waals surface area contributed by atoms with Gasteiger partial charge in [0.25, 0.3) is 0 Å². The van der Waals surface area contributed by atoms with Crippen LogP contribution in [-0.4, -0.2) is 87.7 Å². The summed E-state index contributed by atoms with van der Waals surface area (Å²) in [5.74, 6) is -0.264. The van der Waals surface area contributed by atoms with Gasteiger partial charge in [0.15, 0.2) is 0 Å².